The third-order valence-corrected chi connectivity index (χ3v) is 6.17. The fraction of sp³-hybridized carbons (Fsp3) is 0.238. The summed E-state index contributed by atoms with van der Waals surface area (Å²) in [6.07, 6.45) is 3.41. The zero-order valence-electron chi connectivity index (χ0n) is 15.8. The van der Waals surface area contributed by atoms with Crippen LogP contribution in [0.3, 0.4) is 0 Å². The van der Waals surface area contributed by atoms with Crippen LogP contribution < -0.4 is 10.6 Å². The first-order valence-electron chi connectivity index (χ1n) is 9.38. The van der Waals surface area contributed by atoms with Gasteiger partial charge in [-0.3, -0.25) is 4.79 Å². The predicted octanol–water partition coefficient (Wildman–Crippen LogP) is 5.41. The van der Waals surface area contributed by atoms with Gasteiger partial charge in [0.05, 0.1) is 11.3 Å². The number of hydrogen-bond acceptors (Lipinski definition) is 4. The van der Waals surface area contributed by atoms with E-state index in [4.69, 9.17) is 0 Å². The fourth-order valence-electron chi connectivity index (χ4n) is 3.30. The number of carbonyl (C=O) groups excluding carboxylic acids is 1. The van der Waals surface area contributed by atoms with Crippen molar-refractivity contribution in [2.45, 2.75) is 24.9 Å². The number of carbonyl (C=O) groups is 1. The van der Waals surface area contributed by atoms with Gasteiger partial charge in [0.1, 0.15) is 5.82 Å². The Hall–Kier alpha value is -2.44. The number of amides is 1. The van der Waals surface area contributed by atoms with E-state index in [0.717, 1.165) is 24.0 Å². The van der Waals surface area contributed by atoms with Crippen LogP contribution in [-0.4, -0.2) is 17.4 Å². The van der Waals surface area contributed by atoms with Gasteiger partial charge in [0.15, 0.2) is 5.13 Å². The van der Waals surface area contributed by atoms with E-state index < -0.39 is 11.5 Å². The van der Waals surface area contributed by atoms with Crippen LogP contribution in [0, 0.1) is 5.82 Å². The smallest absolute Gasteiger partial charge is 0.283 e. The van der Waals surface area contributed by atoms with Crippen molar-refractivity contribution in [2.75, 3.05) is 17.2 Å². The summed E-state index contributed by atoms with van der Waals surface area (Å²) in [5.41, 5.74) is -0.209. The first-order chi connectivity index (χ1) is 14.3. The molecule has 0 aliphatic carbocycles. The first kappa shape index (κ1) is 20.8. The molecule has 2 heterocycles. The number of anilines is 2. The first-order valence-corrected chi connectivity index (χ1v) is 10.8. The summed E-state index contributed by atoms with van der Waals surface area (Å²) >= 11 is 1.34. The monoisotopic (exact) mass is 449 g/mol. The van der Waals surface area contributed by atoms with Gasteiger partial charge in [0.2, 0.25) is 5.91 Å². The van der Waals surface area contributed by atoms with Crippen molar-refractivity contribution in [3.8, 4) is 10.4 Å². The van der Waals surface area contributed by atoms with E-state index in [-0.39, 0.29) is 17.9 Å². The van der Waals surface area contributed by atoms with E-state index >= 15 is 0 Å². The molecule has 0 radical (unpaired) electrons. The molecule has 1 amide bonds. The summed E-state index contributed by atoms with van der Waals surface area (Å²) in [5, 5.41) is 6.53. The lowest BCUT2D eigenvalue weighted by Crippen LogP contribution is -2.04. The van der Waals surface area contributed by atoms with Crippen molar-refractivity contribution < 1.29 is 18.0 Å². The number of hydrogen-bond donors (Lipinski definition) is 2. The molecule has 3 aromatic rings. The van der Waals surface area contributed by atoms with Crippen molar-refractivity contribution in [2.24, 2.45) is 0 Å². The Morgan fingerprint density at radius 3 is 2.73 bits per heavy atom. The second kappa shape index (κ2) is 8.36. The van der Waals surface area contributed by atoms with Gasteiger partial charge < -0.3 is 10.6 Å². The molecule has 9 heteroatoms. The van der Waals surface area contributed by atoms with Crippen molar-refractivity contribution in [1.82, 2.24) is 4.98 Å². The Balaban J connectivity index is 1.32. The molecule has 0 bridgehead atoms. The normalized spacial score (nSPS) is 13.3. The molecule has 0 saturated heterocycles. The minimum atomic E-state index is -2.91. The summed E-state index contributed by atoms with van der Waals surface area (Å²) in [6.45, 7) is 0.652. The lowest BCUT2D eigenvalue weighted by atomic mass is 10.1. The summed E-state index contributed by atoms with van der Waals surface area (Å²) in [5.74, 6) is -0.532. The molecular weight excluding hydrogens is 430 g/mol. The molecule has 1 unspecified atom stereocenters. The summed E-state index contributed by atoms with van der Waals surface area (Å²) in [6, 6.07) is 9.35. The maximum atomic E-state index is 14.4. The zero-order chi connectivity index (χ0) is 21.3. The molecule has 2 aromatic carbocycles. The van der Waals surface area contributed by atoms with Crippen molar-refractivity contribution >= 4 is 37.3 Å². The number of benzene rings is 2. The van der Waals surface area contributed by atoms with E-state index in [1.165, 1.54) is 38.8 Å². The topological polar surface area (TPSA) is 54.0 Å². The predicted molar refractivity (Wildman–Crippen MR) is 117 cm³/mol. The van der Waals surface area contributed by atoms with Gasteiger partial charge in [0, 0.05) is 29.6 Å². The average Bonchev–Trinajstić information content (AvgIpc) is 3.29. The highest BCUT2D eigenvalue weighted by Gasteiger charge is 2.24. The Kier molecular flexibility index (Phi) is 5.80. The Morgan fingerprint density at radius 2 is 2.00 bits per heavy atom. The zero-order valence-corrected chi connectivity index (χ0v) is 17.8. The van der Waals surface area contributed by atoms with Crippen LogP contribution in [0.1, 0.15) is 23.1 Å². The van der Waals surface area contributed by atoms with Crippen LogP contribution in [0.4, 0.5) is 24.0 Å². The number of nitrogens with zero attached hydrogens (tertiary/aromatic N) is 1. The van der Waals surface area contributed by atoms with Crippen molar-refractivity contribution in [1.29, 1.82) is 0 Å². The van der Waals surface area contributed by atoms with Crippen LogP contribution in [0.25, 0.3) is 10.4 Å². The van der Waals surface area contributed by atoms with Crippen LogP contribution in [0.5, 0.6) is 0 Å². The minimum absolute atomic E-state index is 0.0244. The van der Waals surface area contributed by atoms with Crippen LogP contribution in [0.15, 0.2) is 42.6 Å². The highest BCUT2D eigenvalue weighted by molar-refractivity contribution is 7.18. The second-order valence-corrected chi connectivity index (χ2v) is 8.85. The van der Waals surface area contributed by atoms with E-state index in [1.54, 1.807) is 24.4 Å². The molecule has 4 rings (SSSR count). The fourth-order valence-corrected chi connectivity index (χ4v) is 4.35. The quantitative estimate of drug-likeness (QED) is 0.375. The molecule has 156 valence electrons. The number of aromatic nitrogens is 1. The lowest BCUT2D eigenvalue weighted by molar-refractivity contribution is -0.115. The molecule has 4 nitrogen and oxygen atoms in total. The van der Waals surface area contributed by atoms with Gasteiger partial charge in [-0.25, -0.2) is 9.37 Å². The molecule has 1 aliphatic rings. The van der Waals surface area contributed by atoms with E-state index in [0.29, 0.717) is 27.8 Å². The highest BCUT2D eigenvalue weighted by atomic mass is 32.1. The van der Waals surface area contributed by atoms with Gasteiger partial charge in [-0.05, 0) is 36.1 Å². The Morgan fingerprint density at radius 1 is 1.23 bits per heavy atom. The number of nitrogens with one attached hydrogen (secondary N) is 2. The molecule has 0 saturated carbocycles. The summed E-state index contributed by atoms with van der Waals surface area (Å²) in [4.78, 5) is 16.5. The minimum Gasteiger partial charge on any atom is -0.361 e. The Labute approximate surface area is 178 Å². The molecule has 0 spiro atoms. The number of alkyl halides is 2. The van der Waals surface area contributed by atoms with Gasteiger partial charge in [0.25, 0.3) is 5.66 Å². The Bertz CT molecular complexity index is 1080. The maximum Gasteiger partial charge on any atom is 0.283 e. The summed E-state index contributed by atoms with van der Waals surface area (Å²) < 4.78 is 40.9. The van der Waals surface area contributed by atoms with Gasteiger partial charge in [-0.1, -0.05) is 44.8 Å². The summed E-state index contributed by atoms with van der Waals surface area (Å²) in [7, 11) is 1.54. The van der Waals surface area contributed by atoms with Gasteiger partial charge in [-0.15, -0.1) is 0 Å². The van der Waals surface area contributed by atoms with Crippen LogP contribution in [0.2, 0.25) is 0 Å². The van der Waals surface area contributed by atoms with Gasteiger partial charge >= 0.3 is 0 Å². The van der Waals surface area contributed by atoms with Crippen LogP contribution >= 0.6 is 20.6 Å². The number of halogens is 3. The molecule has 0 fully saturated rings. The molecule has 2 N–H and O–H groups in total. The van der Waals surface area contributed by atoms with E-state index in [9.17, 15) is 18.0 Å². The number of thiazole rings is 1. The number of rotatable bonds is 7. The SMILES string of the molecule is O=C1Cc2cc(-c3cnc(NCCCc4ccc(C(F)(F)P)cc4)s3)c(F)cc2N1. The number of aryl methyl sites for hydroxylation is 1. The molecule has 1 aliphatic heterocycles. The molecule has 1 aromatic heterocycles. The maximum absolute atomic E-state index is 14.4. The lowest BCUT2D eigenvalue weighted by Gasteiger charge is -2.11. The highest BCUT2D eigenvalue weighted by Crippen LogP contribution is 2.36. The van der Waals surface area contributed by atoms with E-state index in [1.807, 2.05) is 0 Å². The average molecular weight is 449 g/mol. The second-order valence-electron chi connectivity index (χ2n) is 7.09. The molecule has 1 atom stereocenters. The van der Waals surface area contributed by atoms with Crippen molar-refractivity contribution in [3.05, 3.63) is 65.1 Å². The van der Waals surface area contributed by atoms with Crippen LogP contribution in [-0.2, 0) is 23.3 Å². The van der Waals surface area contributed by atoms with Gasteiger partial charge in [-0.2, -0.15) is 8.78 Å². The number of fused-ring (bicyclic) bond motifs is 1. The largest absolute Gasteiger partial charge is 0.361 e. The molecule has 30 heavy (non-hydrogen) atoms. The third-order valence-electron chi connectivity index (χ3n) is 4.85. The van der Waals surface area contributed by atoms with E-state index in [2.05, 4.69) is 15.6 Å². The van der Waals surface area contributed by atoms with Crippen molar-refractivity contribution in [3.63, 3.8) is 0 Å². The standard InChI is InChI=1S/C21H19F3N3OPS/c22-16-10-17-13(9-19(28)27-17)8-15(16)18-11-26-20(30-18)25-7-1-2-12-3-5-14(6-4-12)21(23,24)29/h3-6,8,10-11H,1-2,7,9,29H2,(H,25,26)(H,27,28). The molecular formula is C21H19F3N3OPS. The third kappa shape index (κ3) is 4.65.